The minimum absolute atomic E-state index is 0.142. The molecule has 0 aliphatic heterocycles. The van der Waals surface area contributed by atoms with Gasteiger partial charge in [0.05, 0.1) is 17.0 Å². The summed E-state index contributed by atoms with van der Waals surface area (Å²) in [5.74, 6) is 0.00139. The SMILES string of the molecule is CCCCc1ccc(NC(=O)CSc2nc3cc(C)[nH]c3c(=O)n2-c2ccc(C)cc2)cc1. The first kappa shape index (κ1) is 22.9. The summed E-state index contributed by atoms with van der Waals surface area (Å²) in [5, 5.41) is 3.42. The van der Waals surface area contributed by atoms with Crippen molar-refractivity contribution in [2.75, 3.05) is 11.1 Å². The topological polar surface area (TPSA) is 79.8 Å². The smallest absolute Gasteiger partial charge is 0.283 e. The van der Waals surface area contributed by atoms with Crippen LogP contribution in [0, 0.1) is 13.8 Å². The molecule has 2 aromatic heterocycles. The quantitative estimate of drug-likeness (QED) is 0.272. The molecule has 0 saturated carbocycles. The molecule has 6 nitrogen and oxygen atoms in total. The first-order valence-corrected chi connectivity index (χ1v) is 12.1. The third-order valence-corrected chi connectivity index (χ3v) is 6.38. The molecule has 0 radical (unpaired) electrons. The minimum Gasteiger partial charge on any atom is -0.353 e. The van der Waals surface area contributed by atoms with Crippen LogP contribution < -0.4 is 10.9 Å². The highest BCUT2D eigenvalue weighted by Crippen LogP contribution is 2.22. The molecule has 1 amide bonds. The highest BCUT2D eigenvalue weighted by atomic mass is 32.2. The maximum Gasteiger partial charge on any atom is 0.283 e. The number of H-pyrrole nitrogens is 1. The summed E-state index contributed by atoms with van der Waals surface area (Å²) in [6, 6.07) is 17.5. The van der Waals surface area contributed by atoms with Crippen molar-refractivity contribution in [3.8, 4) is 5.69 Å². The van der Waals surface area contributed by atoms with E-state index in [4.69, 9.17) is 0 Å². The molecule has 2 N–H and O–H groups in total. The van der Waals surface area contributed by atoms with E-state index in [0.717, 1.165) is 41.9 Å². The molecule has 0 bridgehead atoms. The maximum absolute atomic E-state index is 13.3. The number of aromatic amines is 1. The van der Waals surface area contributed by atoms with Gasteiger partial charge >= 0.3 is 0 Å². The number of carbonyl (C=O) groups is 1. The first-order valence-electron chi connectivity index (χ1n) is 11.2. The van der Waals surface area contributed by atoms with Gasteiger partial charge < -0.3 is 10.3 Å². The molecule has 170 valence electrons. The van der Waals surface area contributed by atoms with Gasteiger partial charge in [-0.3, -0.25) is 14.2 Å². The van der Waals surface area contributed by atoms with Crippen molar-refractivity contribution in [2.24, 2.45) is 0 Å². The van der Waals surface area contributed by atoms with Gasteiger partial charge in [0.1, 0.15) is 5.52 Å². The molecule has 0 aliphatic rings. The lowest BCUT2D eigenvalue weighted by Crippen LogP contribution is -2.23. The first-order chi connectivity index (χ1) is 15.9. The number of nitrogens with zero attached hydrogens (tertiary/aromatic N) is 2. The zero-order chi connectivity index (χ0) is 23.4. The number of rotatable bonds is 8. The van der Waals surface area contributed by atoms with Crippen molar-refractivity contribution in [2.45, 2.75) is 45.2 Å². The minimum atomic E-state index is -0.178. The number of aromatic nitrogens is 3. The lowest BCUT2D eigenvalue weighted by Gasteiger charge is -2.12. The third-order valence-electron chi connectivity index (χ3n) is 5.44. The number of fused-ring (bicyclic) bond motifs is 1. The number of nitrogens with one attached hydrogen (secondary N) is 2. The van der Waals surface area contributed by atoms with Crippen molar-refractivity contribution in [3.05, 3.63) is 81.8 Å². The molecule has 4 rings (SSSR count). The van der Waals surface area contributed by atoms with Gasteiger partial charge in [-0.05, 0) is 62.6 Å². The fourth-order valence-electron chi connectivity index (χ4n) is 3.66. The van der Waals surface area contributed by atoms with Crippen molar-refractivity contribution in [3.63, 3.8) is 0 Å². The van der Waals surface area contributed by atoms with Crippen molar-refractivity contribution in [1.82, 2.24) is 14.5 Å². The average molecular weight is 461 g/mol. The Morgan fingerprint density at radius 3 is 2.52 bits per heavy atom. The van der Waals surface area contributed by atoms with E-state index in [2.05, 4.69) is 34.3 Å². The number of amides is 1. The predicted molar refractivity (Wildman–Crippen MR) is 136 cm³/mol. The van der Waals surface area contributed by atoms with Crippen LogP contribution in [0.25, 0.3) is 16.7 Å². The summed E-state index contributed by atoms with van der Waals surface area (Å²) in [4.78, 5) is 33.7. The number of benzene rings is 2. The molecule has 0 spiro atoms. The predicted octanol–water partition coefficient (Wildman–Crippen LogP) is 5.40. The van der Waals surface area contributed by atoms with Crippen LogP contribution in [-0.4, -0.2) is 26.2 Å². The van der Waals surface area contributed by atoms with E-state index in [1.807, 2.05) is 56.3 Å². The zero-order valence-electron chi connectivity index (χ0n) is 19.1. The molecule has 4 aromatic rings. The Balaban J connectivity index is 1.55. The molecular weight excluding hydrogens is 432 g/mol. The average Bonchev–Trinajstić information content (AvgIpc) is 3.19. The molecule has 2 aromatic carbocycles. The Hall–Kier alpha value is -3.32. The lowest BCUT2D eigenvalue weighted by molar-refractivity contribution is -0.113. The fourth-order valence-corrected chi connectivity index (χ4v) is 4.47. The molecule has 7 heteroatoms. The number of thioether (sulfide) groups is 1. The van der Waals surface area contributed by atoms with Crippen LogP contribution in [0.3, 0.4) is 0 Å². The third kappa shape index (κ3) is 5.37. The number of unbranched alkanes of at least 4 members (excludes halogenated alkanes) is 1. The second kappa shape index (κ2) is 10.1. The van der Waals surface area contributed by atoms with Gasteiger partial charge in [0, 0.05) is 11.4 Å². The standard InChI is InChI=1S/C26H28N4O2S/c1-4-5-6-19-9-11-20(12-10-19)28-23(31)16-33-26-29-22-15-18(3)27-24(22)25(32)30(26)21-13-7-17(2)8-14-21/h7-15,27H,4-6,16H2,1-3H3,(H,28,31). The summed E-state index contributed by atoms with van der Waals surface area (Å²) in [6.45, 7) is 6.07. The second-order valence-corrected chi connectivity index (χ2v) is 9.16. The number of hydrogen-bond acceptors (Lipinski definition) is 4. The Morgan fingerprint density at radius 2 is 1.82 bits per heavy atom. The molecular formula is C26H28N4O2S. The van der Waals surface area contributed by atoms with Crippen LogP contribution in [0.4, 0.5) is 5.69 Å². The van der Waals surface area contributed by atoms with Crippen molar-refractivity contribution in [1.29, 1.82) is 0 Å². The fraction of sp³-hybridized carbons (Fsp3) is 0.269. The summed E-state index contributed by atoms with van der Waals surface area (Å²) in [7, 11) is 0. The molecule has 0 aliphatic carbocycles. The van der Waals surface area contributed by atoms with E-state index < -0.39 is 0 Å². The molecule has 0 atom stereocenters. The van der Waals surface area contributed by atoms with E-state index in [-0.39, 0.29) is 17.2 Å². The van der Waals surface area contributed by atoms with E-state index in [0.29, 0.717) is 16.2 Å². The van der Waals surface area contributed by atoms with Crippen LogP contribution in [-0.2, 0) is 11.2 Å². The lowest BCUT2D eigenvalue weighted by atomic mass is 10.1. The van der Waals surface area contributed by atoms with E-state index in [9.17, 15) is 9.59 Å². The van der Waals surface area contributed by atoms with Crippen LogP contribution in [0.1, 0.15) is 36.6 Å². The van der Waals surface area contributed by atoms with Gasteiger partial charge in [-0.1, -0.05) is 54.9 Å². The summed E-state index contributed by atoms with van der Waals surface area (Å²) in [6.07, 6.45) is 3.36. The Kier molecular flexibility index (Phi) is 6.99. The van der Waals surface area contributed by atoms with E-state index in [1.54, 1.807) is 4.57 Å². The van der Waals surface area contributed by atoms with E-state index >= 15 is 0 Å². The van der Waals surface area contributed by atoms with Crippen LogP contribution >= 0.6 is 11.8 Å². The van der Waals surface area contributed by atoms with Gasteiger partial charge in [0.25, 0.3) is 5.56 Å². The zero-order valence-corrected chi connectivity index (χ0v) is 20.0. The molecule has 33 heavy (non-hydrogen) atoms. The Morgan fingerprint density at radius 1 is 1.09 bits per heavy atom. The van der Waals surface area contributed by atoms with Gasteiger partial charge in [-0.25, -0.2) is 4.98 Å². The number of anilines is 1. The summed E-state index contributed by atoms with van der Waals surface area (Å²) in [5.41, 5.74) is 5.61. The summed E-state index contributed by atoms with van der Waals surface area (Å²) >= 11 is 1.25. The Bertz CT molecular complexity index is 1320. The van der Waals surface area contributed by atoms with Gasteiger partial charge in [-0.2, -0.15) is 0 Å². The van der Waals surface area contributed by atoms with Gasteiger partial charge in [0.15, 0.2) is 5.16 Å². The van der Waals surface area contributed by atoms with Crippen LogP contribution in [0.15, 0.2) is 64.5 Å². The number of aryl methyl sites for hydroxylation is 3. The largest absolute Gasteiger partial charge is 0.353 e. The second-order valence-electron chi connectivity index (χ2n) is 8.22. The summed E-state index contributed by atoms with van der Waals surface area (Å²) < 4.78 is 1.57. The van der Waals surface area contributed by atoms with Crippen LogP contribution in [0.2, 0.25) is 0 Å². The molecule has 2 heterocycles. The molecule has 0 unspecified atom stereocenters. The highest BCUT2D eigenvalue weighted by molar-refractivity contribution is 7.99. The molecule has 0 saturated heterocycles. The Labute approximate surface area is 197 Å². The maximum atomic E-state index is 13.3. The number of carbonyl (C=O) groups excluding carboxylic acids is 1. The van der Waals surface area contributed by atoms with Crippen molar-refractivity contribution < 1.29 is 4.79 Å². The van der Waals surface area contributed by atoms with Crippen molar-refractivity contribution >= 4 is 34.4 Å². The van der Waals surface area contributed by atoms with E-state index in [1.165, 1.54) is 17.3 Å². The highest BCUT2D eigenvalue weighted by Gasteiger charge is 2.16. The van der Waals surface area contributed by atoms with Gasteiger partial charge in [0.2, 0.25) is 5.91 Å². The number of hydrogen-bond donors (Lipinski definition) is 2. The normalized spacial score (nSPS) is 11.1. The van der Waals surface area contributed by atoms with Gasteiger partial charge in [-0.15, -0.1) is 0 Å². The van der Waals surface area contributed by atoms with Crippen LogP contribution in [0.5, 0.6) is 0 Å². The monoisotopic (exact) mass is 460 g/mol. The molecule has 0 fully saturated rings.